The number of carbonyl (C=O) groups excluding carboxylic acids is 1. The van der Waals surface area contributed by atoms with Crippen LogP contribution in [0.2, 0.25) is 0 Å². The van der Waals surface area contributed by atoms with Gasteiger partial charge in [0.2, 0.25) is 0 Å². The average molecular weight is 947 g/mol. The fourth-order valence-electron chi connectivity index (χ4n) is 9.48. The summed E-state index contributed by atoms with van der Waals surface area (Å²) in [7, 11) is 15.2. The molecule has 0 atom stereocenters. The van der Waals surface area contributed by atoms with Crippen LogP contribution in [0.25, 0.3) is 0 Å². The largest absolute Gasteiger partial charge is 0.496 e. The molecule has 0 saturated carbocycles. The van der Waals surface area contributed by atoms with Crippen LogP contribution in [0.3, 0.4) is 0 Å². The number of urea groups is 1. The van der Waals surface area contributed by atoms with E-state index in [1.807, 2.05) is 24.3 Å². The van der Waals surface area contributed by atoms with E-state index in [1.54, 1.807) is 64.0 Å². The molecular weight excluding hydrogens is 873 g/mol. The van der Waals surface area contributed by atoms with E-state index >= 15 is 0 Å². The average Bonchev–Trinajstić information content (AvgIpc) is 3.36. The van der Waals surface area contributed by atoms with Gasteiger partial charge in [-0.3, -0.25) is 0 Å². The highest BCUT2D eigenvalue weighted by molar-refractivity contribution is 5.73. The minimum atomic E-state index is -0.110. The maximum Gasteiger partial charge on any atom is 0.314 e. The van der Waals surface area contributed by atoms with Gasteiger partial charge in [-0.05, 0) is 97.0 Å². The Balaban J connectivity index is 1.42. The number of rotatable bonds is 21. The molecule has 12 heteroatoms. The third-order valence-electron chi connectivity index (χ3n) is 13.2. The summed E-state index contributed by atoms with van der Waals surface area (Å²) in [4.78, 5) is 12.6. The van der Waals surface area contributed by atoms with Crippen molar-refractivity contribution in [1.29, 1.82) is 0 Å². The second-order valence-corrected chi connectivity index (χ2v) is 17.6. The lowest BCUT2D eigenvalue weighted by atomic mass is 9.90. The number of hydrogen-bond acceptors (Lipinski definition) is 10. The van der Waals surface area contributed by atoms with E-state index in [2.05, 4.69) is 54.0 Å². The van der Waals surface area contributed by atoms with E-state index < -0.39 is 0 Å². The monoisotopic (exact) mass is 947 g/mol. The Bertz CT molecular complexity index is 2500. The number of hydrogen-bond donors (Lipinski definition) is 2. The lowest BCUT2D eigenvalue weighted by Gasteiger charge is -2.20. The van der Waals surface area contributed by atoms with Gasteiger partial charge in [0.05, 0.1) is 64.0 Å². The quantitative estimate of drug-likeness (QED) is 0.0674. The van der Waals surface area contributed by atoms with Crippen LogP contribution in [-0.2, 0) is 38.5 Å². The molecule has 0 heterocycles. The van der Waals surface area contributed by atoms with Crippen molar-refractivity contribution in [3.63, 3.8) is 0 Å². The van der Waals surface area contributed by atoms with Gasteiger partial charge in [0.1, 0.15) is 51.7 Å². The molecule has 5 aromatic rings. The molecule has 0 saturated heterocycles. The lowest BCUT2D eigenvalue weighted by molar-refractivity contribution is 0.240. The number of amides is 2. The van der Waals surface area contributed by atoms with E-state index in [0.717, 1.165) is 116 Å². The van der Waals surface area contributed by atoms with Crippen molar-refractivity contribution in [2.24, 2.45) is 0 Å². The molecular formula is C57H74N2O10. The highest BCUT2D eigenvalue weighted by Crippen LogP contribution is 2.41. The normalized spacial score (nSPS) is 12.0. The highest BCUT2D eigenvalue weighted by atomic mass is 16.5. The summed E-state index contributed by atoms with van der Waals surface area (Å²) in [5.74, 6) is 6.55. The number of nitrogens with one attached hydrogen (secondary N) is 2. The molecule has 10 aliphatic carbocycles. The van der Waals surface area contributed by atoms with Gasteiger partial charge >= 0.3 is 6.03 Å². The van der Waals surface area contributed by atoms with Gasteiger partial charge in [0.25, 0.3) is 0 Å². The molecule has 2 N–H and O–H groups in total. The number of aryl methyl sites for hydroxylation is 1. The van der Waals surface area contributed by atoms with Gasteiger partial charge in [-0.2, -0.15) is 0 Å². The molecule has 0 unspecified atom stereocenters. The van der Waals surface area contributed by atoms with Gasteiger partial charge in [0.15, 0.2) is 0 Å². The third-order valence-corrected chi connectivity index (χ3v) is 13.2. The Kier molecular flexibility index (Phi) is 19.4. The van der Waals surface area contributed by atoms with Gasteiger partial charge in [-0.25, -0.2) is 4.79 Å². The molecule has 0 aliphatic heterocycles. The summed E-state index contributed by atoms with van der Waals surface area (Å²) < 4.78 is 54.8. The number of ether oxygens (including phenoxy) is 9. The molecule has 10 aliphatic rings. The first kappa shape index (κ1) is 52.0. The lowest BCUT2D eigenvalue weighted by Crippen LogP contribution is -2.36. The van der Waals surface area contributed by atoms with Crippen LogP contribution in [0.1, 0.15) is 119 Å². The summed E-state index contributed by atoms with van der Waals surface area (Å²) in [5, 5.41) is 6.10. The number of benzene rings is 5. The topological polar surface area (TPSA) is 124 Å². The molecule has 372 valence electrons. The number of carbonyl (C=O) groups is 1. The third kappa shape index (κ3) is 13.2. The van der Waals surface area contributed by atoms with E-state index in [-0.39, 0.29) is 6.03 Å². The van der Waals surface area contributed by atoms with E-state index in [4.69, 9.17) is 42.6 Å². The molecule has 5 aromatic carbocycles. The van der Waals surface area contributed by atoms with Crippen LogP contribution in [0.5, 0.6) is 51.7 Å². The molecule has 15 rings (SSSR count). The first-order valence-corrected chi connectivity index (χ1v) is 24.3. The smallest absolute Gasteiger partial charge is 0.314 e. The van der Waals surface area contributed by atoms with Crippen LogP contribution in [0.15, 0.2) is 60.7 Å². The molecule has 69 heavy (non-hydrogen) atoms. The first-order chi connectivity index (χ1) is 33.6. The first-order valence-electron chi connectivity index (χ1n) is 24.3. The zero-order valence-corrected chi connectivity index (χ0v) is 42.7. The van der Waals surface area contributed by atoms with E-state index in [0.29, 0.717) is 68.2 Å². The summed E-state index contributed by atoms with van der Waals surface area (Å²) in [6, 6.07) is 20.7. The molecule has 2 amide bonds. The fourth-order valence-corrected chi connectivity index (χ4v) is 9.48. The second-order valence-electron chi connectivity index (χ2n) is 17.6. The molecule has 0 fully saturated rings. The van der Waals surface area contributed by atoms with Gasteiger partial charge in [-0.1, -0.05) is 45.1 Å². The minimum absolute atomic E-state index is 0.110. The number of methoxy groups -OCH3 is 9. The Morgan fingerprint density at radius 3 is 0.899 bits per heavy atom. The SMILES string of the molecule is CCCCCCCCNC(=O)NCCCCc1cc2c(OC)cc1Cc1cc(OC)c(cc1OC)Cc1cc(OC)c(cc1OC)Cc1cc(OC)c(cc1OC)Cc1cc(OC)c(cc1OC)C2. The Morgan fingerprint density at radius 1 is 0.348 bits per heavy atom. The highest BCUT2D eigenvalue weighted by Gasteiger charge is 2.23. The zero-order valence-electron chi connectivity index (χ0n) is 42.7. The van der Waals surface area contributed by atoms with Crippen molar-refractivity contribution in [1.82, 2.24) is 10.6 Å². The number of unbranched alkanes of at least 4 members (excludes halogenated alkanes) is 6. The minimum Gasteiger partial charge on any atom is -0.496 e. The van der Waals surface area contributed by atoms with E-state index in [9.17, 15) is 4.79 Å². The maximum absolute atomic E-state index is 12.6. The fraction of sp³-hybridized carbons (Fsp3) is 0.456. The predicted octanol–water partition coefficient (Wildman–Crippen LogP) is 11.0. The van der Waals surface area contributed by atoms with Crippen molar-refractivity contribution in [2.75, 3.05) is 77.1 Å². The molecule has 12 nitrogen and oxygen atoms in total. The summed E-state index contributed by atoms with van der Waals surface area (Å²) in [6.07, 6.45) is 12.2. The van der Waals surface area contributed by atoms with Crippen molar-refractivity contribution in [3.05, 3.63) is 122 Å². The molecule has 0 aromatic heterocycles. The summed E-state index contributed by atoms with van der Waals surface area (Å²) >= 11 is 0. The van der Waals surface area contributed by atoms with Gasteiger partial charge in [-0.15, -0.1) is 0 Å². The molecule has 0 radical (unpaired) electrons. The van der Waals surface area contributed by atoms with Gasteiger partial charge < -0.3 is 53.3 Å². The molecule has 10 bridgehead atoms. The maximum atomic E-state index is 12.6. The summed E-state index contributed by atoms with van der Waals surface area (Å²) in [6.45, 7) is 3.50. The second kappa shape index (κ2) is 25.8. The zero-order chi connectivity index (χ0) is 49.3. The van der Waals surface area contributed by atoms with Crippen LogP contribution in [-0.4, -0.2) is 83.1 Å². The predicted molar refractivity (Wildman–Crippen MR) is 273 cm³/mol. The van der Waals surface area contributed by atoms with E-state index in [1.165, 1.54) is 31.2 Å². The van der Waals surface area contributed by atoms with Crippen LogP contribution >= 0.6 is 0 Å². The summed E-state index contributed by atoms with van der Waals surface area (Å²) in [5.41, 5.74) is 10.8. The van der Waals surface area contributed by atoms with Crippen molar-refractivity contribution in [3.8, 4) is 51.7 Å². The van der Waals surface area contributed by atoms with Gasteiger partial charge in [0, 0.05) is 89.7 Å². The standard InChI is InChI=1S/C57H74N2O10/c1-11-12-13-14-15-17-20-58-57(60)59-21-18-16-19-37-22-39-24-41-30-52(65-6)43(32-51(41)64-5)26-45-34-56(69-10)47(36-55(45)68-9)27-46-35-53(66-7)44(33-54(46)67-8)25-42-31-49(62-3)40(29-50(42)63-4)23-38(37)28-48(39)61-2/h22,28-36H,11-21,23-27H2,1-10H3,(H2,58,59,60). The van der Waals surface area contributed by atoms with Crippen molar-refractivity contribution >= 4 is 6.03 Å². The Morgan fingerprint density at radius 2 is 0.594 bits per heavy atom. The Hall–Kier alpha value is -6.43. The van der Waals surface area contributed by atoms with Crippen LogP contribution in [0, 0.1) is 0 Å². The van der Waals surface area contributed by atoms with Crippen molar-refractivity contribution < 1.29 is 47.4 Å². The van der Waals surface area contributed by atoms with Crippen LogP contribution in [0.4, 0.5) is 4.79 Å². The van der Waals surface area contributed by atoms with Crippen LogP contribution < -0.4 is 53.3 Å². The Labute approximate surface area is 410 Å². The van der Waals surface area contributed by atoms with Crippen molar-refractivity contribution in [2.45, 2.75) is 96.8 Å². The molecule has 0 spiro atoms.